The van der Waals surface area contributed by atoms with Gasteiger partial charge in [0.2, 0.25) is 0 Å². The summed E-state index contributed by atoms with van der Waals surface area (Å²) < 4.78 is 15.6. The number of aromatic carboxylic acids is 1. The number of benzene rings is 1. The van der Waals surface area contributed by atoms with E-state index in [9.17, 15) is 4.79 Å². The molecule has 0 spiro atoms. The topological polar surface area (TPSA) is 65.0 Å². The molecule has 0 amide bonds. The van der Waals surface area contributed by atoms with Gasteiger partial charge in [0.05, 0.1) is 17.2 Å². The third kappa shape index (κ3) is 5.92. The Morgan fingerprint density at radius 2 is 2.05 bits per heavy atom. The smallest absolute Gasteiger partial charge is 0.337 e. The van der Waals surface area contributed by atoms with Crippen molar-refractivity contribution in [3.8, 4) is 5.75 Å². The van der Waals surface area contributed by atoms with E-state index in [4.69, 9.17) is 30.9 Å². The number of ether oxygens (including phenoxy) is 3. The van der Waals surface area contributed by atoms with Gasteiger partial charge >= 0.3 is 5.97 Å². The van der Waals surface area contributed by atoms with Gasteiger partial charge in [0.15, 0.2) is 0 Å². The lowest BCUT2D eigenvalue weighted by Gasteiger charge is -2.08. The second-order valence-corrected chi connectivity index (χ2v) is 4.16. The molecule has 0 aliphatic carbocycles. The van der Waals surface area contributed by atoms with E-state index in [0.717, 1.165) is 6.42 Å². The second-order valence-electron chi connectivity index (χ2n) is 3.75. The number of hydrogen-bond donors (Lipinski definition) is 1. The summed E-state index contributed by atoms with van der Waals surface area (Å²) in [6.45, 7) is 2.14. The van der Waals surface area contributed by atoms with Crippen LogP contribution in [0.1, 0.15) is 16.8 Å². The fourth-order valence-electron chi connectivity index (χ4n) is 1.38. The number of hydrogen-bond acceptors (Lipinski definition) is 4. The molecular weight excluding hydrogens is 272 g/mol. The van der Waals surface area contributed by atoms with Gasteiger partial charge in [-0.1, -0.05) is 11.6 Å². The van der Waals surface area contributed by atoms with E-state index >= 15 is 0 Å². The van der Waals surface area contributed by atoms with Crippen LogP contribution in [0.15, 0.2) is 18.2 Å². The second kappa shape index (κ2) is 8.74. The molecule has 0 radical (unpaired) electrons. The van der Waals surface area contributed by atoms with Crippen molar-refractivity contribution in [2.75, 3.05) is 33.5 Å². The third-order valence-corrected chi connectivity index (χ3v) is 2.62. The van der Waals surface area contributed by atoms with E-state index in [0.29, 0.717) is 32.2 Å². The predicted molar refractivity (Wildman–Crippen MR) is 71.2 cm³/mol. The van der Waals surface area contributed by atoms with Crippen molar-refractivity contribution in [3.05, 3.63) is 28.8 Å². The van der Waals surface area contributed by atoms with Crippen LogP contribution in [0, 0.1) is 0 Å². The molecule has 6 heteroatoms. The molecular formula is C13H17ClO5. The predicted octanol–water partition coefficient (Wildman–Crippen LogP) is 2.47. The van der Waals surface area contributed by atoms with Crippen LogP contribution in [0.4, 0.5) is 0 Å². The minimum absolute atomic E-state index is 0.0600. The number of carbonyl (C=O) groups is 1. The standard InChI is InChI=1S/C13H17ClO5/c1-17-5-2-6-18-7-8-19-10-3-4-11(13(15)16)12(14)9-10/h3-4,9H,2,5-8H2,1H3,(H,15,16). The summed E-state index contributed by atoms with van der Waals surface area (Å²) >= 11 is 5.82. The zero-order valence-electron chi connectivity index (χ0n) is 10.7. The molecule has 1 rings (SSSR count). The first-order valence-electron chi connectivity index (χ1n) is 5.87. The summed E-state index contributed by atoms with van der Waals surface area (Å²) in [5, 5.41) is 8.98. The number of methoxy groups -OCH3 is 1. The van der Waals surface area contributed by atoms with Gasteiger partial charge in [-0.15, -0.1) is 0 Å². The van der Waals surface area contributed by atoms with Gasteiger partial charge < -0.3 is 19.3 Å². The van der Waals surface area contributed by atoms with E-state index in [2.05, 4.69) is 0 Å². The van der Waals surface area contributed by atoms with Crippen molar-refractivity contribution >= 4 is 17.6 Å². The maximum atomic E-state index is 10.8. The molecule has 1 N–H and O–H groups in total. The van der Waals surface area contributed by atoms with Crippen molar-refractivity contribution in [2.24, 2.45) is 0 Å². The molecule has 0 saturated carbocycles. The van der Waals surface area contributed by atoms with Gasteiger partial charge in [-0.25, -0.2) is 4.79 Å². The van der Waals surface area contributed by atoms with E-state index in [1.807, 2.05) is 0 Å². The van der Waals surface area contributed by atoms with Gasteiger partial charge in [0.25, 0.3) is 0 Å². The van der Waals surface area contributed by atoms with Gasteiger partial charge in [-0.2, -0.15) is 0 Å². The van der Waals surface area contributed by atoms with Crippen molar-refractivity contribution in [1.82, 2.24) is 0 Å². The van der Waals surface area contributed by atoms with Crippen molar-refractivity contribution in [2.45, 2.75) is 6.42 Å². The Labute approximate surface area is 117 Å². The highest BCUT2D eigenvalue weighted by atomic mass is 35.5. The van der Waals surface area contributed by atoms with E-state index in [1.165, 1.54) is 12.1 Å². The van der Waals surface area contributed by atoms with Crippen molar-refractivity contribution in [1.29, 1.82) is 0 Å². The molecule has 0 aliphatic rings. The van der Waals surface area contributed by atoms with E-state index < -0.39 is 5.97 Å². The first kappa shape index (κ1) is 15.8. The van der Waals surface area contributed by atoms with Crippen LogP contribution < -0.4 is 4.74 Å². The summed E-state index contributed by atoms with van der Waals surface area (Å²) in [5.41, 5.74) is 0.0600. The molecule has 0 aliphatic heterocycles. The molecule has 0 aromatic heterocycles. The lowest BCUT2D eigenvalue weighted by Crippen LogP contribution is -2.08. The van der Waals surface area contributed by atoms with Gasteiger partial charge in [-0.3, -0.25) is 0 Å². The Hall–Kier alpha value is -1.30. The molecule has 0 atom stereocenters. The molecule has 106 valence electrons. The van der Waals surface area contributed by atoms with Crippen LogP contribution in [0.3, 0.4) is 0 Å². The molecule has 0 heterocycles. The molecule has 0 fully saturated rings. The highest BCUT2D eigenvalue weighted by Crippen LogP contribution is 2.22. The Kier molecular flexibility index (Phi) is 7.25. The highest BCUT2D eigenvalue weighted by molar-refractivity contribution is 6.33. The maximum absolute atomic E-state index is 10.8. The molecule has 5 nitrogen and oxygen atoms in total. The Bertz CT molecular complexity index is 408. The van der Waals surface area contributed by atoms with Gasteiger partial charge in [0.1, 0.15) is 12.4 Å². The monoisotopic (exact) mass is 288 g/mol. The number of rotatable bonds is 9. The molecule has 1 aromatic rings. The average Bonchev–Trinajstić information content (AvgIpc) is 2.37. The highest BCUT2D eigenvalue weighted by Gasteiger charge is 2.09. The molecule has 0 bridgehead atoms. The summed E-state index contributed by atoms with van der Waals surface area (Å²) in [6, 6.07) is 4.47. The Morgan fingerprint density at radius 1 is 1.26 bits per heavy atom. The molecule has 0 unspecified atom stereocenters. The van der Waals surface area contributed by atoms with Crippen LogP contribution in [-0.2, 0) is 9.47 Å². The zero-order chi connectivity index (χ0) is 14.1. The van der Waals surface area contributed by atoms with E-state index in [-0.39, 0.29) is 10.6 Å². The number of halogens is 1. The summed E-state index contributed by atoms with van der Waals surface area (Å²) in [5.74, 6) is -0.534. The van der Waals surface area contributed by atoms with Crippen molar-refractivity contribution < 1.29 is 24.1 Å². The molecule has 1 aromatic carbocycles. The minimum Gasteiger partial charge on any atom is -0.491 e. The number of carboxylic acids is 1. The first-order chi connectivity index (χ1) is 9.15. The SMILES string of the molecule is COCCCOCCOc1ccc(C(=O)O)c(Cl)c1. The number of carboxylic acid groups (broad SMARTS) is 1. The Morgan fingerprint density at radius 3 is 2.68 bits per heavy atom. The summed E-state index contributed by atoms with van der Waals surface area (Å²) in [4.78, 5) is 10.8. The van der Waals surface area contributed by atoms with Gasteiger partial charge in [0, 0.05) is 20.3 Å². The molecule has 19 heavy (non-hydrogen) atoms. The minimum atomic E-state index is -1.06. The van der Waals surface area contributed by atoms with E-state index in [1.54, 1.807) is 13.2 Å². The van der Waals surface area contributed by atoms with Crippen LogP contribution >= 0.6 is 11.6 Å². The third-order valence-electron chi connectivity index (χ3n) is 2.30. The maximum Gasteiger partial charge on any atom is 0.337 e. The van der Waals surface area contributed by atoms with Crippen molar-refractivity contribution in [3.63, 3.8) is 0 Å². The van der Waals surface area contributed by atoms with Crippen LogP contribution in [0.5, 0.6) is 5.75 Å². The van der Waals surface area contributed by atoms with Crippen LogP contribution in [0.25, 0.3) is 0 Å². The quantitative estimate of drug-likeness (QED) is 0.707. The van der Waals surface area contributed by atoms with Gasteiger partial charge in [-0.05, 0) is 24.6 Å². The van der Waals surface area contributed by atoms with Crippen LogP contribution in [0.2, 0.25) is 5.02 Å². The summed E-state index contributed by atoms with van der Waals surface area (Å²) in [7, 11) is 1.65. The largest absolute Gasteiger partial charge is 0.491 e. The average molecular weight is 289 g/mol. The first-order valence-corrected chi connectivity index (χ1v) is 6.25. The lowest BCUT2D eigenvalue weighted by atomic mass is 10.2. The molecule has 0 saturated heterocycles. The normalized spacial score (nSPS) is 10.4. The Balaban J connectivity index is 2.26. The summed E-state index contributed by atoms with van der Waals surface area (Å²) in [6.07, 6.45) is 0.843. The fourth-order valence-corrected chi connectivity index (χ4v) is 1.64. The lowest BCUT2D eigenvalue weighted by molar-refractivity contribution is 0.0696. The fraction of sp³-hybridized carbons (Fsp3) is 0.462. The zero-order valence-corrected chi connectivity index (χ0v) is 11.5. The van der Waals surface area contributed by atoms with Crippen LogP contribution in [-0.4, -0.2) is 44.6 Å².